The summed E-state index contributed by atoms with van der Waals surface area (Å²) in [5.41, 5.74) is 3.28. The molecule has 0 saturated carbocycles. The Morgan fingerprint density at radius 2 is 2.10 bits per heavy atom. The van der Waals surface area contributed by atoms with Gasteiger partial charge >= 0.3 is 5.97 Å². The average molecular weight is 275 g/mol. The molecule has 0 aliphatic carbocycles. The van der Waals surface area contributed by atoms with Crippen LogP contribution in [0.4, 0.5) is 0 Å². The average Bonchev–Trinajstić information content (AvgIpc) is 2.43. The Kier molecular flexibility index (Phi) is 4.42. The van der Waals surface area contributed by atoms with Crippen molar-refractivity contribution in [1.82, 2.24) is 4.90 Å². The van der Waals surface area contributed by atoms with Gasteiger partial charge in [0.05, 0.1) is 12.3 Å². The normalized spacial score (nSPS) is 18.9. The largest absolute Gasteiger partial charge is 0.481 e. The maximum absolute atomic E-state index is 12.3. The van der Waals surface area contributed by atoms with E-state index in [0.29, 0.717) is 25.9 Å². The Bertz CT molecular complexity index is 524. The van der Waals surface area contributed by atoms with Gasteiger partial charge in [0.1, 0.15) is 0 Å². The molecule has 4 nitrogen and oxygen atoms in total. The highest BCUT2D eigenvalue weighted by molar-refractivity contribution is 5.80. The summed E-state index contributed by atoms with van der Waals surface area (Å²) >= 11 is 0. The van der Waals surface area contributed by atoms with Crippen LogP contribution in [0.25, 0.3) is 0 Å². The number of carboxylic acids is 1. The van der Waals surface area contributed by atoms with E-state index in [1.807, 2.05) is 32.0 Å². The van der Waals surface area contributed by atoms with Crippen LogP contribution < -0.4 is 0 Å². The predicted octanol–water partition coefficient (Wildman–Crippen LogP) is 2.17. The highest BCUT2D eigenvalue weighted by atomic mass is 16.4. The first-order valence-electron chi connectivity index (χ1n) is 7.04. The summed E-state index contributed by atoms with van der Waals surface area (Å²) in [6.07, 6.45) is 1.80. The van der Waals surface area contributed by atoms with E-state index in [1.54, 1.807) is 4.90 Å². The number of carboxylic acid groups (broad SMARTS) is 1. The monoisotopic (exact) mass is 275 g/mol. The van der Waals surface area contributed by atoms with Crippen molar-refractivity contribution in [2.24, 2.45) is 5.92 Å². The fourth-order valence-electron chi connectivity index (χ4n) is 2.67. The lowest BCUT2D eigenvalue weighted by atomic mass is 9.97. The van der Waals surface area contributed by atoms with Gasteiger partial charge in [0.25, 0.3) is 0 Å². The molecule has 108 valence electrons. The number of hydrogen-bond donors (Lipinski definition) is 1. The molecule has 0 radical (unpaired) electrons. The molecule has 0 spiro atoms. The first kappa shape index (κ1) is 14.6. The zero-order chi connectivity index (χ0) is 14.7. The Hall–Kier alpha value is -1.84. The SMILES string of the molecule is Cc1ccc(C)c(CC(=O)N2CCC[C@@H](C(=O)O)C2)c1. The lowest BCUT2D eigenvalue weighted by Gasteiger charge is -2.31. The fraction of sp³-hybridized carbons (Fsp3) is 0.500. The number of rotatable bonds is 3. The fourth-order valence-corrected chi connectivity index (χ4v) is 2.67. The molecule has 4 heteroatoms. The lowest BCUT2D eigenvalue weighted by molar-refractivity contribution is -0.145. The van der Waals surface area contributed by atoms with Crippen LogP contribution in [0.1, 0.15) is 29.5 Å². The maximum atomic E-state index is 12.3. The number of likely N-dealkylation sites (tertiary alicyclic amines) is 1. The van der Waals surface area contributed by atoms with Crippen LogP contribution in [0.2, 0.25) is 0 Å². The number of hydrogen-bond acceptors (Lipinski definition) is 2. The van der Waals surface area contributed by atoms with E-state index in [2.05, 4.69) is 0 Å². The number of benzene rings is 1. The summed E-state index contributed by atoms with van der Waals surface area (Å²) in [7, 11) is 0. The van der Waals surface area contributed by atoms with Crippen LogP contribution in [0.3, 0.4) is 0 Å². The van der Waals surface area contributed by atoms with E-state index in [1.165, 1.54) is 0 Å². The third-order valence-electron chi connectivity index (χ3n) is 3.97. The van der Waals surface area contributed by atoms with Crippen molar-refractivity contribution in [3.8, 4) is 0 Å². The van der Waals surface area contributed by atoms with Gasteiger partial charge in [-0.25, -0.2) is 0 Å². The van der Waals surface area contributed by atoms with E-state index in [9.17, 15) is 9.59 Å². The molecule has 1 aliphatic rings. The number of carbonyl (C=O) groups excluding carboxylic acids is 1. The Labute approximate surface area is 119 Å². The first-order valence-corrected chi connectivity index (χ1v) is 7.04. The third kappa shape index (κ3) is 3.38. The minimum atomic E-state index is -0.797. The van der Waals surface area contributed by atoms with E-state index in [4.69, 9.17) is 5.11 Å². The van der Waals surface area contributed by atoms with Crippen molar-refractivity contribution < 1.29 is 14.7 Å². The van der Waals surface area contributed by atoms with Gasteiger partial charge in [0.2, 0.25) is 5.91 Å². The second kappa shape index (κ2) is 6.07. The zero-order valence-electron chi connectivity index (χ0n) is 12.1. The van der Waals surface area contributed by atoms with Crippen LogP contribution in [0.5, 0.6) is 0 Å². The molecule has 1 aromatic rings. The molecule has 0 bridgehead atoms. The number of amides is 1. The molecule has 1 aliphatic heterocycles. The molecule has 1 fully saturated rings. The number of aliphatic carboxylic acids is 1. The van der Waals surface area contributed by atoms with Crippen molar-refractivity contribution in [1.29, 1.82) is 0 Å². The van der Waals surface area contributed by atoms with Gasteiger partial charge < -0.3 is 10.0 Å². The predicted molar refractivity (Wildman–Crippen MR) is 76.6 cm³/mol. The van der Waals surface area contributed by atoms with Gasteiger partial charge in [-0.3, -0.25) is 9.59 Å². The quantitative estimate of drug-likeness (QED) is 0.919. The highest BCUT2D eigenvalue weighted by Crippen LogP contribution is 2.19. The van der Waals surface area contributed by atoms with E-state index >= 15 is 0 Å². The van der Waals surface area contributed by atoms with Gasteiger partial charge in [-0.15, -0.1) is 0 Å². The Balaban J connectivity index is 2.04. The van der Waals surface area contributed by atoms with Crippen LogP contribution in [0, 0.1) is 19.8 Å². The first-order chi connectivity index (χ1) is 9.47. The molecular weight excluding hydrogens is 254 g/mol. The Morgan fingerprint density at radius 3 is 2.80 bits per heavy atom. The summed E-state index contributed by atoms with van der Waals surface area (Å²) in [5, 5.41) is 9.07. The van der Waals surface area contributed by atoms with Gasteiger partial charge in [0.15, 0.2) is 0 Å². The van der Waals surface area contributed by atoms with Crippen molar-refractivity contribution in [2.45, 2.75) is 33.1 Å². The van der Waals surface area contributed by atoms with Gasteiger partial charge in [-0.05, 0) is 37.8 Å². The van der Waals surface area contributed by atoms with Gasteiger partial charge in [0, 0.05) is 13.1 Å². The lowest BCUT2D eigenvalue weighted by Crippen LogP contribution is -2.43. The van der Waals surface area contributed by atoms with Crippen LogP contribution >= 0.6 is 0 Å². The molecule has 1 atom stereocenters. The summed E-state index contributed by atoms with van der Waals surface area (Å²) < 4.78 is 0. The van der Waals surface area contributed by atoms with Gasteiger partial charge in [-0.2, -0.15) is 0 Å². The van der Waals surface area contributed by atoms with E-state index in [0.717, 1.165) is 23.1 Å². The van der Waals surface area contributed by atoms with E-state index < -0.39 is 11.9 Å². The maximum Gasteiger partial charge on any atom is 0.308 e. The summed E-state index contributed by atoms with van der Waals surface area (Å²) in [5.74, 6) is -1.18. The van der Waals surface area contributed by atoms with E-state index in [-0.39, 0.29) is 5.91 Å². The second-order valence-corrected chi connectivity index (χ2v) is 5.62. The molecule has 1 saturated heterocycles. The number of aryl methyl sites for hydroxylation is 2. The van der Waals surface area contributed by atoms with Crippen LogP contribution in [-0.2, 0) is 16.0 Å². The summed E-state index contributed by atoms with van der Waals surface area (Å²) in [4.78, 5) is 25.1. The standard InChI is InChI=1S/C16H21NO3/c1-11-5-6-12(2)14(8-11)9-15(18)17-7-3-4-13(10-17)16(19)20/h5-6,8,13H,3-4,7,9-10H2,1-2H3,(H,19,20)/t13-/m1/s1. The summed E-state index contributed by atoms with van der Waals surface area (Å²) in [6, 6.07) is 6.09. The van der Waals surface area contributed by atoms with Crippen molar-refractivity contribution in [3.05, 3.63) is 34.9 Å². The minimum Gasteiger partial charge on any atom is -0.481 e. The van der Waals surface area contributed by atoms with Crippen LogP contribution in [0.15, 0.2) is 18.2 Å². The molecule has 0 unspecified atom stereocenters. The number of carbonyl (C=O) groups is 2. The van der Waals surface area contributed by atoms with Gasteiger partial charge in [-0.1, -0.05) is 23.8 Å². The molecule has 2 rings (SSSR count). The molecule has 1 N–H and O–H groups in total. The molecule has 1 heterocycles. The topological polar surface area (TPSA) is 57.6 Å². The van der Waals surface area contributed by atoms with Crippen molar-refractivity contribution in [3.63, 3.8) is 0 Å². The Morgan fingerprint density at radius 1 is 1.35 bits per heavy atom. The second-order valence-electron chi connectivity index (χ2n) is 5.62. The third-order valence-corrected chi connectivity index (χ3v) is 3.97. The molecular formula is C16H21NO3. The summed E-state index contributed by atoms with van der Waals surface area (Å²) in [6.45, 7) is 5.03. The van der Waals surface area contributed by atoms with Crippen LogP contribution in [-0.4, -0.2) is 35.0 Å². The van der Waals surface area contributed by atoms with Crippen molar-refractivity contribution >= 4 is 11.9 Å². The number of piperidine rings is 1. The molecule has 20 heavy (non-hydrogen) atoms. The zero-order valence-corrected chi connectivity index (χ0v) is 12.1. The van der Waals surface area contributed by atoms with Crippen molar-refractivity contribution in [2.75, 3.05) is 13.1 Å². The highest BCUT2D eigenvalue weighted by Gasteiger charge is 2.28. The molecule has 1 aromatic carbocycles. The number of nitrogens with zero attached hydrogens (tertiary/aromatic N) is 1. The molecule has 0 aromatic heterocycles. The minimum absolute atomic E-state index is 0.0321. The molecule has 1 amide bonds. The smallest absolute Gasteiger partial charge is 0.308 e.